The Morgan fingerprint density at radius 2 is 2.27 bits per heavy atom. The van der Waals surface area contributed by atoms with Gasteiger partial charge in [-0.2, -0.15) is 5.26 Å². The largest absolute Gasteiger partial charge is 0.481 e. The standard InChI is InChI=1S/C17H24N2O2S/c1-3-4-8-19(9-7-16(20)21)17-14(11-18)13-6-5-12(2)10-15(13)22-17/h12H,3-10H2,1-2H3,(H,20,21). The molecule has 0 amide bonds. The van der Waals surface area contributed by atoms with Crippen LogP contribution in [0.15, 0.2) is 0 Å². The zero-order valence-corrected chi connectivity index (χ0v) is 14.2. The van der Waals surface area contributed by atoms with Gasteiger partial charge in [-0.15, -0.1) is 11.3 Å². The molecule has 4 nitrogen and oxygen atoms in total. The number of rotatable bonds is 7. The zero-order valence-electron chi connectivity index (χ0n) is 13.4. The molecule has 1 aromatic rings. The fraction of sp³-hybridized carbons (Fsp3) is 0.647. The normalized spacial score (nSPS) is 16.9. The molecule has 1 aromatic heterocycles. The summed E-state index contributed by atoms with van der Waals surface area (Å²) in [5, 5.41) is 19.6. The number of aliphatic carboxylic acids is 1. The molecule has 22 heavy (non-hydrogen) atoms. The topological polar surface area (TPSA) is 64.3 Å². The average molecular weight is 320 g/mol. The fourth-order valence-corrected chi connectivity index (χ4v) is 4.48. The Kier molecular flexibility index (Phi) is 5.84. The van der Waals surface area contributed by atoms with Crippen LogP contribution in [0.4, 0.5) is 5.00 Å². The highest BCUT2D eigenvalue weighted by molar-refractivity contribution is 7.16. The van der Waals surface area contributed by atoms with Crippen LogP contribution in [-0.4, -0.2) is 24.2 Å². The maximum Gasteiger partial charge on any atom is 0.305 e. The lowest BCUT2D eigenvalue weighted by Gasteiger charge is -2.22. The van der Waals surface area contributed by atoms with Crippen molar-refractivity contribution < 1.29 is 9.90 Å². The summed E-state index contributed by atoms with van der Waals surface area (Å²) < 4.78 is 0. The number of carbonyl (C=O) groups is 1. The smallest absolute Gasteiger partial charge is 0.305 e. The number of hydrogen-bond acceptors (Lipinski definition) is 4. The summed E-state index contributed by atoms with van der Waals surface area (Å²) in [6.07, 6.45) is 5.37. The maximum absolute atomic E-state index is 10.9. The van der Waals surface area contributed by atoms with Crippen molar-refractivity contribution in [1.29, 1.82) is 5.26 Å². The van der Waals surface area contributed by atoms with Crippen LogP contribution in [0.1, 0.15) is 55.5 Å². The molecule has 0 radical (unpaired) electrons. The Bertz CT molecular complexity index is 574. The number of thiophene rings is 1. The van der Waals surface area contributed by atoms with Gasteiger partial charge in [0.25, 0.3) is 0 Å². The van der Waals surface area contributed by atoms with E-state index in [-0.39, 0.29) is 6.42 Å². The van der Waals surface area contributed by atoms with E-state index in [2.05, 4.69) is 24.8 Å². The van der Waals surface area contributed by atoms with Crippen LogP contribution in [0.2, 0.25) is 0 Å². The molecular formula is C17H24N2O2S. The summed E-state index contributed by atoms with van der Waals surface area (Å²) in [4.78, 5) is 14.4. The van der Waals surface area contributed by atoms with Gasteiger partial charge in [-0.1, -0.05) is 20.3 Å². The predicted octanol–water partition coefficient (Wildman–Crippen LogP) is 3.83. The van der Waals surface area contributed by atoms with Gasteiger partial charge >= 0.3 is 5.97 Å². The number of anilines is 1. The Morgan fingerprint density at radius 3 is 2.91 bits per heavy atom. The number of carboxylic acid groups (broad SMARTS) is 1. The molecule has 2 rings (SSSR count). The van der Waals surface area contributed by atoms with Crippen molar-refractivity contribution in [3.8, 4) is 6.07 Å². The molecular weight excluding hydrogens is 296 g/mol. The lowest BCUT2D eigenvalue weighted by molar-refractivity contribution is -0.136. The van der Waals surface area contributed by atoms with E-state index in [1.54, 1.807) is 11.3 Å². The summed E-state index contributed by atoms with van der Waals surface area (Å²) in [6, 6.07) is 2.38. The molecule has 0 aliphatic heterocycles. The molecule has 0 saturated heterocycles. The number of fused-ring (bicyclic) bond motifs is 1. The van der Waals surface area contributed by atoms with Crippen LogP contribution >= 0.6 is 11.3 Å². The number of unbranched alkanes of at least 4 members (excludes halogenated alkanes) is 1. The Morgan fingerprint density at radius 1 is 1.50 bits per heavy atom. The van der Waals surface area contributed by atoms with Crippen molar-refractivity contribution in [1.82, 2.24) is 0 Å². The first kappa shape index (κ1) is 16.8. The van der Waals surface area contributed by atoms with Crippen LogP contribution in [0.5, 0.6) is 0 Å². The Hall–Kier alpha value is -1.54. The third-order valence-electron chi connectivity index (χ3n) is 4.27. The summed E-state index contributed by atoms with van der Waals surface area (Å²) in [7, 11) is 0. The second kappa shape index (κ2) is 7.64. The highest BCUT2D eigenvalue weighted by atomic mass is 32.1. The molecule has 1 unspecified atom stereocenters. The summed E-state index contributed by atoms with van der Waals surface area (Å²) in [6.45, 7) is 5.70. The lowest BCUT2D eigenvalue weighted by atomic mass is 9.88. The monoisotopic (exact) mass is 320 g/mol. The molecule has 1 atom stereocenters. The maximum atomic E-state index is 10.9. The van der Waals surface area contributed by atoms with Crippen molar-refractivity contribution in [2.75, 3.05) is 18.0 Å². The quantitative estimate of drug-likeness (QED) is 0.829. The van der Waals surface area contributed by atoms with Gasteiger partial charge in [0.15, 0.2) is 0 Å². The van der Waals surface area contributed by atoms with Gasteiger partial charge in [0.1, 0.15) is 11.1 Å². The average Bonchev–Trinajstić information content (AvgIpc) is 2.84. The van der Waals surface area contributed by atoms with Crippen LogP contribution < -0.4 is 4.90 Å². The summed E-state index contributed by atoms with van der Waals surface area (Å²) in [5.74, 6) is -0.108. The van der Waals surface area contributed by atoms with Crippen molar-refractivity contribution >= 4 is 22.3 Å². The van der Waals surface area contributed by atoms with Crippen LogP contribution in [0.25, 0.3) is 0 Å². The molecule has 0 fully saturated rings. The highest BCUT2D eigenvalue weighted by Gasteiger charge is 2.26. The Balaban J connectivity index is 2.29. The van der Waals surface area contributed by atoms with Gasteiger partial charge in [-0.25, -0.2) is 0 Å². The van der Waals surface area contributed by atoms with Crippen LogP contribution in [-0.2, 0) is 17.6 Å². The molecule has 5 heteroatoms. The molecule has 1 aliphatic rings. The van der Waals surface area contributed by atoms with Gasteiger partial charge in [0.2, 0.25) is 0 Å². The zero-order chi connectivity index (χ0) is 16.1. The lowest BCUT2D eigenvalue weighted by Crippen LogP contribution is -2.27. The van der Waals surface area contributed by atoms with Crippen molar-refractivity contribution in [3.05, 3.63) is 16.0 Å². The van der Waals surface area contributed by atoms with E-state index in [1.807, 2.05) is 0 Å². The number of carboxylic acids is 1. The fourth-order valence-electron chi connectivity index (χ4n) is 2.97. The summed E-state index contributed by atoms with van der Waals surface area (Å²) in [5.41, 5.74) is 2.02. The van der Waals surface area contributed by atoms with Crippen molar-refractivity contribution in [2.24, 2.45) is 5.92 Å². The molecule has 0 spiro atoms. The molecule has 1 aliphatic carbocycles. The molecule has 0 aromatic carbocycles. The van der Waals surface area contributed by atoms with E-state index in [0.29, 0.717) is 12.5 Å². The second-order valence-electron chi connectivity index (χ2n) is 6.13. The first-order valence-electron chi connectivity index (χ1n) is 8.08. The van der Waals surface area contributed by atoms with Gasteiger partial charge < -0.3 is 10.0 Å². The molecule has 0 bridgehead atoms. The van der Waals surface area contributed by atoms with E-state index >= 15 is 0 Å². The van der Waals surface area contributed by atoms with Gasteiger partial charge in [0.05, 0.1) is 12.0 Å². The van der Waals surface area contributed by atoms with E-state index < -0.39 is 5.97 Å². The highest BCUT2D eigenvalue weighted by Crippen LogP contribution is 2.41. The van der Waals surface area contributed by atoms with Crippen LogP contribution in [0.3, 0.4) is 0 Å². The minimum absolute atomic E-state index is 0.119. The van der Waals surface area contributed by atoms with E-state index in [0.717, 1.165) is 49.2 Å². The third-order valence-corrected chi connectivity index (χ3v) is 5.58. The number of nitrogens with zero attached hydrogens (tertiary/aromatic N) is 2. The number of hydrogen-bond donors (Lipinski definition) is 1. The molecule has 0 saturated carbocycles. The van der Waals surface area contributed by atoms with E-state index in [9.17, 15) is 10.1 Å². The molecule has 1 heterocycles. The van der Waals surface area contributed by atoms with E-state index in [1.165, 1.54) is 10.4 Å². The summed E-state index contributed by atoms with van der Waals surface area (Å²) >= 11 is 1.71. The molecule has 1 N–H and O–H groups in total. The first-order valence-corrected chi connectivity index (χ1v) is 8.89. The predicted molar refractivity (Wildman–Crippen MR) is 89.6 cm³/mol. The third kappa shape index (κ3) is 3.80. The second-order valence-corrected chi connectivity index (χ2v) is 7.21. The molecule has 120 valence electrons. The van der Waals surface area contributed by atoms with Gasteiger partial charge in [0, 0.05) is 18.0 Å². The minimum Gasteiger partial charge on any atom is -0.481 e. The SMILES string of the molecule is CCCCN(CCC(=O)O)c1sc2c(c1C#N)CCC(C)C2. The Labute approximate surface area is 136 Å². The van der Waals surface area contributed by atoms with Gasteiger partial charge in [-0.3, -0.25) is 4.79 Å². The first-order chi connectivity index (χ1) is 10.6. The van der Waals surface area contributed by atoms with Gasteiger partial charge in [-0.05, 0) is 37.2 Å². The minimum atomic E-state index is -0.782. The van der Waals surface area contributed by atoms with E-state index in [4.69, 9.17) is 5.11 Å². The number of nitriles is 1. The van der Waals surface area contributed by atoms with Crippen LogP contribution in [0, 0.1) is 17.2 Å². The van der Waals surface area contributed by atoms with Crippen molar-refractivity contribution in [2.45, 2.75) is 52.4 Å². The van der Waals surface area contributed by atoms with Crippen molar-refractivity contribution in [3.63, 3.8) is 0 Å².